The number of ether oxygens (including phenoxy) is 1. The second kappa shape index (κ2) is 10.6. The van der Waals surface area contributed by atoms with Crippen LogP contribution < -0.4 is 10.2 Å². The highest BCUT2D eigenvalue weighted by Gasteiger charge is 2.14. The zero-order valence-corrected chi connectivity index (χ0v) is 17.1. The molecule has 3 aromatic carbocycles. The third kappa shape index (κ3) is 6.09. The van der Waals surface area contributed by atoms with Crippen molar-refractivity contribution in [3.05, 3.63) is 87.4 Å². The summed E-state index contributed by atoms with van der Waals surface area (Å²) < 4.78 is 5.17. The summed E-state index contributed by atoms with van der Waals surface area (Å²) in [5.74, 6) is -0.768. The minimum absolute atomic E-state index is 0.0362. The number of halogens is 1. The van der Waals surface area contributed by atoms with Crippen molar-refractivity contribution in [2.45, 2.75) is 0 Å². The fourth-order valence-corrected chi connectivity index (χ4v) is 2.60. The molecule has 2 N–H and O–H groups in total. The highest BCUT2D eigenvalue weighted by atomic mass is 35.5. The maximum absolute atomic E-state index is 11.9. The van der Waals surface area contributed by atoms with E-state index in [0.29, 0.717) is 16.4 Å². The van der Waals surface area contributed by atoms with Gasteiger partial charge in [-0.25, -0.2) is 5.43 Å². The van der Waals surface area contributed by atoms with Crippen LogP contribution in [-0.2, 0) is 4.79 Å². The van der Waals surface area contributed by atoms with E-state index >= 15 is 0 Å². The summed E-state index contributed by atoms with van der Waals surface area (Å²) in [6, 6.07) is 17.1. The third-order valence-electron chi connectivity index (χ3n) is 3.95. The SMILES string of the molecule is O=C(COc1ccccc1[N+](=O)[O-])N/N=C\c1cc(N=Nc2ccccc2Cl)ccc1O. The molecular weight excluding hydrogens is 438 g/mol. The Morgan fingerprint density at radius 2 is 1.88 bits per heavy atom. The molecule has 0 saturated carbocycles. The summed E-state index contributed by atoms with van der Waals surface area (Å²) in [5.41, 5.74) is 3.16. The van der Waals surface area contributed by atoms with Crippen LogP contribution in [0.15, 0.2) is 82.1 Å². The quantitative estimate of drug-likeness (QED) is 0.216. The topological polar surface area (TPSA) is 139 Å². The Balaban J connectivity index is 1.60. The number of phenolic OH excluding ortho intramolecular Hbond substituents is 1. The number of hydrogen-bond donors (Lipinski definition) is 2. The number of nitro groups is 1. The minimum Gasteiger partial charge on any atom is -0.507 e. The number of aromatic hydroxyl groups is 1. The number of para-hydroxylation sites is 2. The second-order valence-electron chi connectivity index (χ2n) is 6.20. The number of hydrogen-bond acceptors (Lipinski definition) is 8. The maximum Gasteiger partial charge on any atom is 0.310 e. The van der Waals surface area contributed by atoms with Crippen LogP contribution >= 0.6 is 11.6 Å². The van der Waals surface area contributed by atoms with Crippen LogP contribution in [0.4, 0.5) is 17.1 Å². The van der Waals surface area contributed by atoms with E-state index in [9.17, 15) is 20.0 Å². The molecule has 0 unspecified atom stereocenters. The number of nitrogens with one attached hydrogen (secondary N) is 1. The van der Waals surface area contributed by atoms with Gasteiger partial charge in [-0.2, -0.15) is 10.2 Å². The second-order valence-corrected chi connectivity index (χ2v) is 6.61. The van der Waals surface area contributed by atoms with Crippen LogP contribution in [-0.4, -0.2) is 28.8 Å². The molecule has 11 heteroatoms. The van der Waals surface area contributed by atoms with Gasteiger partial charge in [0.15, 0.2) is 12.4 Å². The van der Waals surface area contributed by atoms with Gasteiger partial charge in [0, 0.05) is 11.6 Å². The van der Waals surface area contributed by atoms with Gasteiger partial charge in [-0.05, 0) is 36.4 Å². The number of benzene rings is 3. The fourth-order valence-electron chi connectivity index (χ4n) is 2.43. The summed E-state index contributed by atoms with van der Waals surface area (Å²) in [7, 11) is 0. The van der Waals surface area contributed by atoms with Crippen LogP contribution in [0.2, 0.25) is 5.02 Å². The molecule has 3 aromatic rings. The number of nitro benzene ring substituents is 1. The molecular formula is C21H16ClN5O5. The van der Waals surface area contributed by atoms with E-state index in [0.717, 1.165) is 0 Å². The first kappa shape index (κ1) is 22.4. The van der Waals surface area contributed by atoms with Crippen molar-refractivity contribution >= 4 is 40.8 Å². The van der Waals surface area contributed by atoms with Crippen molar-refractivity contribution in [1.82, 2.24) is 5.43 Å². The zero-order chi connectivity index (χ0) is 22.9. The van der Waals surface area contributed by atoms with Crippen molar-refractivity contribution in [2.75, 3.05) is 6.61 Å². The van der Waals surface area contributed by atoms with E-state index in [4.69, 9.17) is 16.3 Å². The van der Waals surface area contributed by atoms with E-state index in [2.05, 4.69) is 20.8 Å². The molecule has 0 radical (unpaired) electrons. The van der Waals surface area contributed by atoms with Gasteiger partial charge in [0.25, 0.3) is 5.91 Å². The highest BCUT2D eigenvalue weighted by Crippen LogP contribution is 2.28. The minimum atomic E-state index is -0.645. The molecule has 0 aliphatic heterocycles. The van der Waals surface area contributed by atoms with E-state index in [1.807, 2.05) is 0 Å². The third-order valence-corrected chi connectivity index (χ3v) is 4.27. The van der Waals surface area contributed by atoms with E-state index < -0.39 is 17.4 Å². The summed E-state index contributed by atoms with van der Waals surface area (Å²) >= 11 is 6.04. The molecule has 0 aliphatic rings. The lowest BCUT2D eigenvalue weighted by Crippen LogP contribution is -2.24. The largest absolute Gasteiger partial charge is 0.507 e. The van der Waals surface area contributed by atoms with E-state index in [1.54, 1.807) is 36.4 Å². The molecule has 0 fully saturated rings. The molecule has 10 nitrogen and oxygen atoms in total. The predicted molar refractivity (Wildman–Crippen MR) is 118 cm³/mol. The Morgan fingerprint density at radius 1 is 1.12 bits per heavy atom. The van der Waals surface area contributed by atoms with E-state index in [-0.39, 0.29) is 22.7 Å². The lowest BCUT2D eigenvalue weighted by Gasteiger charge is -2.05. The summed E-state index contributed by atoms with van der Waals surface area (Å²) in [4.78, 5) is 22.3. The number of azo groups is 1. The lowest BCUT2D eigenvalue weighted by molar-refractivity contribution is -0.385. The van der Waals surface area contributed by atoms with E-state index in [1.165, 1.54) is 36.5 Å². The van der Waals surface area contributed by atoms with Gasteiger partial charge in [-0.15, -0.1) is 5.11 Å². The molecule has 0 aromatic heterocycles. The molecule has 0 bridgehead atoms. The van der Waals surface area contributed by atoms with Crippen molar-refractivity contribution in [1.29, 1.82) is 0 Å². The van der Waals surface area contributed by atoms with Gasteiger partial charge in [0.1, 0.15) is 11.4 Å². The standard InChI is InChI=1S/C21H16ClN5O5/c22-16-5-1-2-6-17(16)25-24-15-9-10-19(28)14(11-15)12-23-26-21(29)13-32-20-8-4-3-7-18(20)27(30)31/h1-12,28H,13H2,(H,26,29)/b23-12-,25-24?. The van der Waals surface area contributed by atoms with Crippen LogP contribution in [0.25, 0.3) is 0 Å². The Hall–Kier alpha value is -4.31. The summed E-state index contributed by atoms with van der Waals surface area (Å²) in [6.07, 6.45) is 1.21. The highest BCUT2D eigenvalue weighted by molar-refractivity contribution is 6.32. The first-order valence-electron chi connectivity index (χ1n) is 9.11. The van der Waals surface area contributed by atoms with Gasteiger partial charge in [-0.3, -0.25) is 14.9 Å². The average molecular weight is 454 g/mol. The molecule has 162 valence electrons. The predicted octanol–water partition coefficient (Wildman–Crippen LogP) is 4.90. The molecule has 3 rings (SSSR count). The van der Waals surface area contributed by atoms with Crippen molar-refractivity contribution in [2.24, 2.45) is 15.3 Å². The number of carbonyl (C=O) groups excluding carboxylic acids is 1. The Labute approximate surface area is 187 Å². The lowest BCUT2D eigenvalue weighted by atomic mass is 10.2. The van der Waals surface area contributed by atoms with Crippen molar-refractivity contribution in [3.8, 4) is 11.5 Å². The fraction of sp³-hybridized carbons (Fsp3) is 0.0476. The average Bonchev–Trinajstić information content (AvgIpc) is 2.79. The van der Waals surface area contributed by atoms with Crippen LogP contribution in [0.1, 0.15) is 5.56 Å². The number of rotatable bonds is 8. The molecule has 1 amide bonds. The van der Waals surface area contributed by atoms with Crippen LogP contribution in [0.5, 0.6) is 11.5 Å². The van der Waals surface area contributed by atoms with Crippen LogP contribution in [0, 0.1) is 10.1 Å². The number of phenols is 1. The molecule has 0 aliphatic carbocycles. The van der Waals surface area contributed by atoms with Crippen molar-refractivity contribution in [3.63, 3.8) is 0 Å². The smallest absolute Gasteiger partial charge is 0.310 e. The number of carbonyl (C=O) groups is 1. The van der Waals surface area contributed by atoms with Gasteiger partial charge >= 0.3 is 5.69 Å². The number of amides is 1. The van der Waals surface area contributed by atoms with Gasteiger partial charge in [0.05, 0.1) is 21.8 Å². The molecule has 0 saturated heterocycles. The Morgan fingerprint density at radius 3 is 2.66 bits per heavy atom. The van der Waals surface area contributed by atoms with Gasteiger partial charge in [-0.1, -0.05) is 35.9 Å². The Kier molecular flexibility index (Phi) is 7.44. The number of nitrogens with zero attached hydrogens (tertiary/aromatic N) is 4. The van der Waals surface area contributed by atoms with Gasteiger partial charge in [0.2, 0.25) is 0 Å². The monoisotopic (exact) mass is 453 g/mol. The Bertz CT molecular complexity index is 1200. The molecule has 0 atom stereocenters. The zero-order valence-electron chi connectivity index (χ0n) is 16.4. The maximum atomic E-state index is 11.9. The van der Waals surface area contributed by atoms with Crippen LogP contribution in [0.3, 0.4) is 0 Å². The van der Waals surface area contributed by atoms with Gasteiger partial charge < -0.3 is 9.84 Å². The normalized spacial score (nSPS) is 11.0. The summed E-state index contributed by atoms with van der Waals surface area (Å²) in [6.45, 7) is -0.486. The van der Waals surface area contributed by atoms with Crippen molar-refractivity contribution < 1.29 is 19.6 Å². The first-order chi connectivity index (χ1) is 15.4. The summed E-state index contributed by atoms with van der Waals surface area (Å²) in [5, 5.41) is 33.3. The molecule has 32 heavy (non-hydrogen) atoms. The first-order valence-corrected chi connectivity index (χ1v) is 9.49. The number of hydrazone groups is 1. The molecule has 0 spiro atoms. The molecule has 0 heterocycles.